The Morgan fingerprint density at radius 1 is 1.38 bits per heavy atom. The molecule has 0 aromatic rings. The van der Waals surface area contributed by atoms with Gasteiger partial charge in [0.2, 0.25) is 0 Å². The number of nitrogens with zero attached hydrogens (tertiary/aromatic N) is 2. The second-order valence-corrected chi connectivity index (χ2v) is 4.90. The molecule has 0 amide bonds. The Kier molecular flexibility index (Phi) is 6.28. The minimum absolute atomic E-state index is 0.225. The van der Waals surface area contributed by atoms with Gasteiger partial charge in [0.05, 0.1) is 6.10 Å². The Bertz CT molecular complexity index is 179. The number of β-amino-alcohol motifs (C(OH)–C–C–N with tert-alkyl or cyclic N) is 1. The second kappa shape index (κ2) is 7.22. The lowest BCUT2D eigenvalue weighted by atomic mass is 10.2. The Balaban J connectivity index is 2.20. The first-order valence-electron chi connectivity index (χ1n) is 6.44. The number of aliphatic hydroxyl groups is 1. The molecule has 0 aromatic heterocycles. The summed E-state index contributed by atoms with van der Waals surface area (Å²) in [5, 5.41) is 13.3. The van der Waals surface area contributed by atoms with Crippen LogP contribution in [-0.4, -0.2) is 73.4 Å². The summed E-state index contributed by atoms with van der Waals surface area (Å²) >= 11 is 0. The summed E-state index contributed by atoms with van der Waals surface area (Å²) in [4.78, 5) is 4.58. The van der Waals surface area contributed by atoms with Crippen molar-refractivity contribution in [2.45, 2.75) is 32.4 Å². The Morgan fingerprint density at radius 3 is 2.56 bits per heavy atom. The first kappa shape index (κ1) is 13.9. The van der Waals surface area contributed by atoms with E-state index in [9.17, 15) is 5.11 Å². The highest BCUT2D eigenvalue weighted by molar-refractivity contribution is 4.74. The molecule has 2 N–H and O–H groups in total. The van der Waals surface area contributed by atoms with Gasteiger partial charge in [-0.05, 0) is 20.4 Å². The fourth-order valence-electron chi connectivity index (χ4n) is 2.07. The van der Waals surface area contributed by atoms with Gasteiger partial charge in [0, 0.05) is 45.3 Å². The molecule has 0 spiro atoms. The molecular formula is C12H27N3O. The van der Waals surface area contributed by atoms with Crippen LogP contribution in [0.25, 0.3) is 0 Å². The summed E-state index contributed by atoms with van der Waals surface area (Å²) in [7, 11) is 2.09. The molecule has 0 saturated carbocycles. The van der Waals surface area contributed by atoms with Crippen LogP contribution in [0.1, 0.15) is 20.3 Å². The summed E-state index contributed by atoms with van der Waals surface area (Å²) in [6.45, 7) is 10.2. The molecule has 0 aliphatic carbocycles. The zero-order valence-electron chi connectivity index (χ0n) is 10.9. The first-order valence-corrected chi connectivity index (χ1v) is 6.44. The van der Waals surface area contributed by atoms with Crippen molar-refractivity contribution in [3.8, 4) is 0 Å². The predicted octanol–water partition coefficient (Wildman–Crippen LogP) is -0.0172. The van der Waals surface area contributed by atoms with Gasteiger partial charge in [0.25, 0.3) is 0 Å². The summed E-state index contributed by atoms with van der Waals surface area (Å²) in [5.74, 6) is 0. The summed E-state index contributed by atoms with van der Waals surface area (Å²) in [6, 6.07) is 0.553. The van der Waals surface area contributed by atoms with Gasteiger partial charge in [0.1, 0.15) is 0 Å². The minimum Gasteiger partial charge on any atom is -0.390 e. The van der Waals surface area contributed by atoms with Crippen LogP contribution in [0.4, 0.5) is 0 Å². The fourth-order valence-corrected chi connectivity index (χ4v) is 2.07. The van der Waals surface area contributed by atoms with E-state index in [-0.39, 0.29) is 6.10 Å². The monoisotopic (exact) mass is 229 g/mol. The Hall–Kier alpha value is -0.160. The van der Waals surface area contributed by atoms with E-state index < -0.39 is 0 Å². The quantitative estimate of drug-likeness (QED) is 0.671. The molecule has 0 bridgehead atoms. The molecule has 1 rings (SSSR count). The van der Waals surface area contributed by atoms with Gasteiger partial charge in [-0.25, -0.2) is 0 Å². The molecular weight excluding hydrogens is 202 g/mol. The van der Waals surface area contributed by atoms with Crippen molar-refractivity contribution in [1.29, 1.82) is 0 Å². The van der Waals surface area contributed by atoms with Gasteiger partial charge in [0.15, 0.2) is 0 Å². The number of hydrogen-bond donors (Lipinski definition) is 2. The molecule has 2 unspecified atom stereocenters. The summed E-state index contributed by atoms with van der Waals surface area (Å²) in [5.41, 5.74) is 0. The van der Waals surface area contributed by atoms with E-state index >= 15 is 0 Å². The van der Waals surface area contributed by atoms with Gasteiger partial charge in [-0.2, -0.15) is 0 Å². The number of hydrogen-bond acceptors (Lipinski definition) is 4. The number of rotatable bonds is 6. The third-order valence-electron chi connectivity index (χ3n) is 3.52. The van der Waals surface area contributed by atoms with Crippen LogP contribution in [0.15, 0.2) is 0 Å². The lowest BCUT2D eigenvalue weighted by Gasteiger charge is -2.31. The first-order chi connectivity index (χ1) is 7.63. The van der Waals surface area contributed by atoms with Crippen molar-refractivity contribution >= 4 is 0 Å². The highest BCUT2D eigenvalue weighted by Gasteiger charge is 2.17. The summed E-state index contributed by atoms with van der Waals surface area (Å²) < 4.78 is 0. The van der Waals surface area contributed by atoms with Crippen molar-refractivity contribution in [3.05, 3.63) is 0 Å². The van der Waals surface area contributed by atoms with E-state index in [0.717, 1.165) is 45.7 Å². The zero-order chi connectivity index (χ0) is 12.0. The lowest BCUT2D eigenvalue weighted by molar-refractivity contribution is 0.0662. The van der Waals surface area contributed by atoms with Gasteiger partial charge >= 0.3 is 0 Å². The molecule has 1 aliphatic heterocycles. The van der Waals surface area contributed by atoms with E-state index in [1.807, 2.05) is 0 Å². The maximum atomic E-state index is 10.0. The van der Waals surface area contributed by atoms with Gasteiger partial charge in [-0.1, -0.05) is 6.92 Å². The third kappa shape index (κ3) is 4.78. The van der Waals surface area contributed by atoms with Crippen LogP contribution in [-0.2, 0) is 0 Å². The van der Waals surface area contributed by atoms with E-state index in [1.165, 1.54) is 0 Å². The molecule has 1 saturated heterocycles. The topological polar surface area (TPSA) is 38.7 Å². The van der Waals surface area contributed by atoms with Gasteiger partial charge in [-0.3, -0.25) is 4.90 Å². The number of piperazine rings is 1. The van der Waals surface area contributed by atoms with Crippen LogP contribution >= 0.6 is 0 Å². The van der Waals surface area contributed by atoms with E-state index in [1.54, 1.807) is 0 Å². The van der Waals surface area contributed by atoms with Crippen LogP contribution in [0.2, 0.25) is 0 Å². The molecule has 0 aromatic carbocycles. The highest BCUT2D eigenvalue weighted by Crippen LogP contribution is 2.03. The standard InChI is InChI=1S/C12H27N3O/c1-4-11(2)14(3)9-12(16)10-15-7-5-13-6-8-15/h11-13,16H,4-10H2,1-3H3. The van der Waals surface area contributed by atoms with Crippen LogP contribution in [0.3, 0.4) is 0 Å². The predicted molar refractivity (Wildman–Crippen MR) is 67.7 cm³/mol. The molecule has 96 valence electrons. The average molecular weight is 229 g/mol. The molecule has 4 heteroatoms. The minimum atomic E-state index is -0.225. The van der Waals surface area contributed by atoms with E-state index in [0.29, 0.717) is 6.04 Å². The number of aliphatic hydroxyl groups excluding tert-OH is 1. The van der Waals surface area contributed by atoms with Gasteiger partial charge < -0.3 is 15.3 Å². The Morgan fingerprint density at radius 2 is 2.00 bits per heavy atom. The average Bonchev–Trinajstić information content (AvgIpc) is 2.29. The van der Waals surface area contributed by atoms with Crippen molar-refractivity contribution in [2.75, 3.05) is 46.3 Å². The van der Waals surface area contributed by atoms with E-state index in [2.05, 4.69) is 36.0 Å². The number of nitrogens with one attached hydrogen (secondary N) is 1. The maximum absolute atomic E-state index is 10.0. The zero-order valence-corrected chi connectivity index (χ0v) is 10.9. The number of likely N-dealkylation sites (N-methyl/N-ethyl adjacent to an activating group) is 1. The normalized spacial score (nSPS) is 22.3. The fraction of sp³-hybridized carbons (Fsp3) is 1.00. The molecule has 0 radical (unpaired) electrons. The van der Waals surface area contributed by atoms with Crippen LogP contribution in [0, 0.1) is 0 Å². The summed E-state index contributed by atoms with van der Waals surface area (Å²) in [6.07, 6.45) is 0.911. The third-order valence-corrected chi connectivity index (χ3v) is 3.52. The van der Waals surface area contributed by atoms with Crippen molar-refractivity contribution < 1.29 is 5.11 Å². The molecule has 16 heavy (non-hydrogen) atoms. The van der Waals surface area contributed by atoms with E-state index in [4.69, 9.17) is 0 Å². The van der Waals surface area contributed by atoms with Gasteiger partial charge in [-0.15, -0.1) is 0 Å². The van der Waals surface area contributed by atoms with Crippen LogP contribution in [0.5, 0.6) is 0 Å². The Labute approximate surface area is 99.6 Å². The van der Waals surface area contributed by atoms with Crippen LogP contribution < -0.4 is 5.32 Å². The second-order valence-electron chi connectivity index (χ2n) is 4.90. The smallest absolute Gasteiger partial charge is 0.0793 e. The maximum Gasteiger partial charge on any atom is 0.0793 e. The van der Waals surface area contributed by atoms with Crippen molar-refractivity contribution in [2.24, 2.45) is 0 Å². The molecule has 1 heterocycles. The largest absolute Gasteiger partial charge is 0.390 e. The molecule has 1 aliphatic rings. The SMILES string of the molecule is CCC(C)N(C)CC(O)CN1CCNCC1. The van der Waals surface area contributed by atoms with Crippen molar-refractivity contribution in [3.63, 3.8) is 0 Å². The lowest BCUT2D eigenvalue weighted by Crippen LogP contribution is -2.48. The highest BCUT2D eigenvalue weighted by atomic mass is 16.3. The van der Waals surface area contributed by atoms with Crippen molar-refractivity contribution in [1.82, 2.24) is 15.1 Å². The molecule has 2 atom stereocenters. The molecule has 4 nitrogen and oxygen atoms in total. The molecule has 1 fully saturated rings.